The molecule has 0 aliphatic rings. The summed E-state index contributed by atoms with van der Waals surface area (Å²) < 4.78 is 14.7. The lowest BCUT2D eigenvalue weighted by molar-refractivity contribution is -0.126. The Balaban J connectivity index is 3.09. The van der Waals surface area contributed by atoms with Crippen molar-refractivity contribution in [1.29, 1.82) is 0 Å². The van der Waals surface area contributed by atoms with E-state index >= 15 is 0 Å². The number of benzene rings is 1. The molecule has 0 aliphatic carbocycles. The Hall–Kier alpha value is -1.88. The summed E-state index contributed by atoms with van der Waals surface area (Å²) in [5, 5.41) is 10.7. The number of rotatable bonds is 7. The van der Waals surface area contributed by atoms with E-state index in [2.05, 4.69) is 4.52 Å². The van der Waals surface area contributed by atoms with Gasteiger partial charge in [-0.1, -0.05) is 47.6 Å². The van der Waals surface area contributed by atoms with Gasteiger partial charge in [-0.3, -0.25) is 9.59 Å². The third-order valence-electron chi connectivity index (χ3n) is 3.92. The number of ketones is 2. The molecular formula is C20H28O6P+. The van der Waals surface area contributed by atoms with Crippen molar-refractivity contribution >= 4 is 25.9 Å². The van der Waals surface area contributed by atoms with Gasteiger partial charge in [-0.2, -0.15) is 0 Å². The van der Waals surface area contributed by atoms with Gasteiger partial charge in [0.05, 0.1) is 6.42 Å². The van der Waals surface area contributed by atoms with Gasteiger partial charge in [0.15, 0.2) is 18.2 Å². The van der Waals surface area contributed by atoms with Crippen molar-refractivity contribution in [2.24, 2.45) is 0 Å². The largest absolute Gasteiger partial charge is 0.695 e. The van der Waals surface area contributed by atoms with E-state index in [0.29, 0.717) is 0 Å². The third-order valence-corrected chi connectivity index (χ3v) is 4.27. The average molecular weight is 395 g/mol. The maximum atomic E-state index is 12.0. The van der Waals surface area contributed by atoms with Gasteiger partial charge < -0.3 is 5.11 Å². The number of aromatic hydroxyl groups is 1. The van der Waals surface area contributed by atoms with Crippen molar-refractivity contribution in [3.8, 4) is 5.75 Å². The summed E-state index contributed by atoms with van der Waals surface area (Å²) in [6.07, 6.45) is 2.49. The molecule has 0 saturated carbocycles. The number of phenols is 1. The van der Waals surface area contributed by atoms with Gasteiger partial charge in [-0.05, 0) is 34.6 Å². The van der Waals surface area contributed by atoms with Gasteiger partial charge in [-0.15, -0.1) is 9.42 Å². The van der Waals surface area contributed by atoms with Crippen LogP contribution in [-0.4, -0.2) is 28.2 Å². The molecule has 0 aromatic heterocycles. The molecule has 0 saturated heterocycles. The zero-order valence-corrected chi connectivity index (χ0v) is 17.6. The summed E-state index contributed by atoms with van der Waals surface area (Å²) in [7, 11) is -2.86. The van der Waals surface area contributed by atoms with E-state index in [1.54, 1.807) is 6.08 Å². The van der Waals surface area contributed by atoms with Crippen molar-refractivity contribution in [2.75, 3.05) is 6.61 Å². The van der Waals surface area contributed by atoms with Gasteiger partial charge in [0.1, 0.15) is 5.75 Å². The SMILES string of the molecule is CC(C)(C)c1cc(/C=C/C(=O)CC(=O)CO[P+](=O)O)cc(C(C)(C)C)c1O. The highest BCUT2D eigenvalue weighted by atomic mass is 31.1. The van der Waals surface area contributed by atoms with Gasteiger partial charge in [0.2, 0.25) is 0 Å². The fourth-order valence-corrected chi connectivity index (χ4v) is 2.77. The molecule has 0 amide bonds. The number of phenolic OH excluding ortho intramolecular Hbond substituents is 1. The Morgan fingerprint density at radius 3 is 1.96 bits per heavy atom. The normalized spacial score (nSPS) is 13.1. The average Bonchev–Trinajstić information content (AvgIpc) is 2.49. The number of carbonyl (C=O) groups is 2. The standard InChI is InChI=1S/C20H27O6P/c1-19(2,3)16-9-13(10-17(18(16)23)20(4,5)6)7-8-14(21)11-15(22)12-26-27(24)25/h7-10H,11-12H2,1-6H3,(H-,21,23,24,25)/p+1. The molecule has 0 spiro atoms. The summed E-state index contributed by atoms with van der Waals surface area (Å²) in [6.45, 7) is 11.4. The molecule has 0 aliphatic heterocycles. The number of carbonyl (C=O) groups excluding carboxylic acids is 2. The molecule has 0 bridgehead atoms. The van der Waals surface area contributed by atoms with Crippen LogP contribution in [0.1, 0.15) is 64.7 Å². The lowest BCUT2D eigenvalue weighted by atomic mass is 9.78. The fraction of sp³-hybridized carbons (Fsp3) is 0.500. The maximum Gasteiger partial charge on any atom is 0.695 e. The highest BCUT2D eigenvalue weighted by Crippen LogP contribution is 2.40. The summed E-state index contributed by atoms with van der Waals surface area (Å²) in [6, 6.07) is 3.66. The summed E-state index contributed by atoms with van der Waals surface area (Å²) >= 11 is 0. The van der Waals surface area contributed by atoms with Crippen LogP contribution >= 0.6 is 8.25 Å². The van der Waals surface area contributed by atoms with Crippen LogP contribution < -0.4 is 0 Å². The van der Waals surface area contributed by atoms with Crippen LogP contribution in [0.15, 0.2) is 18.2 Å². The summed E-state index contributed by atoms with van der Waals surface area (Å²) in [5.41, 5.74) is 1.73. The topological polar surface area (TPSA) is 101 Å². The first-order chi connectivity index (χ1) is 12.2. The van der Waals surface area contributed by atoms with E-state index in [1.807, 2.05) is 53.7 Å². The fourth-order valence-electron chi connectivity index (χ4n) is 2.52. The minimum Gasteiger partial charge on any atom is -0.507 e. The van der Waals surface area contributed by atoms with Crippen LogP contribution in [0.5, 0.6) is 5.75 Å². The molecule has 0 heterocycles. The predicted octanol–water partition coefficient (Wildman–Crippen LogP) is 4.20. The Morgan fingerprint density at radius 2 is 1.56 bits per heavy atom. The minimum absolute atomic E-state index is 0.254. The molecule has 6 nitrogen and oxygen atoms in total. The van der Waals surface area contributed by atoms with Crippen molar-refractivity contribution < 1.29 is 28.7 Å². The lowest BCUT2D eigenvalue weighted by Gasteiger charge is -2.27. The molecule has 2 N–H and O–H groups in total. The van der Waals surface area contributed by atoms with Gasteiger partial charge >= 0.3 is 8.25 Å². The molecule has 0 fully saturated rings. The molecular weight excluding hydrogens is 367 g/mol. The molecule has 148 valence electrons. The zero-order valence-electron chi connectivity index (χ0n) is 16.7. The van der Waals surface area contributed by atoms with Crippen molar-refractivity contribution in [1.82, 2.24) is 0 Å². The molecule has 1 aromatic rings. The monoisotopic (exact) mass is 395 g/mol. The van der Waals surface area contributed by atoms with E-state index in [-0.39, 0.29) is 16.6 Å². The zero-order chi connectivity index (χ0) is 21.0. The first-order valence-corrected chi connectivity index (χ1v) is 9.74. The Labute approximate surface area is 161 Å². The summed E-state index contributed by atoms with van der Waals surface area (Å²) in [5.74, 6) is -0.748. The van der Waals surface area contributed by atoms with Crippen molar-refractivity contribution in [3.05, 3.63) is 34.9 Å². The molecule has 27 heavy (non-hydrogen) atoms. The highest BCUT2D eigenvalue weighted by Gasteiger charge is 2.26. The quantitative estimate of drug-likeness (QED) is 0.408. The van der Waals surface area contributed by atoms with Crippen LogP contribution in [0.2, 0.25) is 0 Å². The van der Waals surface area contributed by atoms with E-state index in [9.17, 15) is 19.3 Å². The first-order valence-electron chi connectivity index (χ1n) is 8.61. The Bertz CT molecular complexity index is 731. The number of hydrogen-bond donors (Lipinski definition) is 2. The number of hydrogen-bond acceptors (Lipinski definition) is 5. The van der Waals surface area contributed by atoms with E-state index in [1.165, 1.54) is 6.08 Å². The van der Waals surface area contributed by atoms with Crippen LogP contribution in [-0.2, 0) is 29.5 Å². The van der Waals surface area contributed by atoms with Crippen LogP contribution in [0, 0.1) is 0 Å². The molecule has 1 aromatic carbocycles. The van der Waals surface area contributed by atoms with Crippen LogP contribution in [0.4, 0.5) is 0 Å². The molecule has 0 radical (unpaired) electrons. The van der Waals surface area contributed by atoms with E-state index in [0.717, 1.165) is 16.7 Å². The number of allylic oxidation sites excluding steroid dienone is 1. The predicted molar refractivity (Wildman–Crippen MR) is 105 cm³/mol. The van der Waals surface area contributed by atoms with Gasteiger partial charge in [0, 0.05) is 15.7 Å². The van der Waals surface area contributed by atoms with Crippen molar-refractivity contribution in [2.45, 2.75) is 58.8 Å². The second kappa shape index (κ2) is 8.87. The summed E-state index contributed by atoms with van der Waals surface area (Å²) in [4.78, 5) is 32.0. The highest BCUT2D eigenvalue weighted by molar-refractivity contribution is 7.32. The number of Topliss-reactive ketones (excluding diaryl/α,β-unsaturated/α-hetero) is 1. The van der Waals surface area contributed by atoms with Gasteiger partial charge in [-0.25, -0.2) is 0 Å². The first kappa shape index (κ1) is 23.2. The minimum atomic E-state index is -2.86. The lowest BCUT2D eigenvalue weighted by Crippen LogP contribution is -2.17. The molecule has 7 heteroatoms. The second-order valence-electron chi connectivity index (χ2n) is 8.49. The van der Waals surface area contributed by atoms with Crippen molar-refractivity contribution in [3.63, 3.8) is 0 Å². The van der Waals surface area contributed by atoms with Crippen LogP contribution in [0.25, 0.3) is 6.08 Å². The molecule has 1 unspecified atom stereocenters. The Morgan fingerprint density at radius 1 is 1.07 bits per heavy atom. The van der Waals surface area contributed by atoms with E-state index in [4.69, 9.17) is 4.89 Å². The van der Waals surface area contributed by atoms with E-state index < -0.39 is 32.8 Å². The van der Waals surface area contributed by atoms with Crippen LogP contribution in [0.3, 0.4) is 0 Å². The smallest absolute Gasteiger partial charge is 0.507 e. The molecule has 1 atom stereocenters. The third kappa shape index (κ3) is 7.33. The Kier molecular flexibility index (Phi) is 7.61. The maximum absolute atomic E-state index is 12.0. The molecule has 1 rings (SSSR count). The van der Waals surface area contributed by atoms with Gasteiger partial charge in [0.25, 0.3) is 0 Å². The second-order valence-corrected chi connectivity index (χ2v) is 9.22.